The van der Waals surface area contributed by atoms with Gasteiger partial charge in [0.05, 0.1) is 32.0 Å². The molecule has 3 saturated heterocycles. The van der Waals surface area contributed by atoms with Crippen molar-refractivity contribution in [2.75, 3.05) is 81.9 Å². The molecule has 0 radical (unpaired) electrons. The van der Waals surface area contributed by atoms with E-state index in [0.717, 1.165) is 69.9 Å². The Morgan fingerprint density at radius 3 is 2.33 bits per heavy atom. The van der Waals surface area contributed by atoms with Gasteiger partial charge in [-0.15, -0.1) is 0 Å². The van der Waals surface area contributed by atoms with Gasteiger partial charge in [-0.1, -0.05) is 0 Å². The summed E-state index contributed by atoms with van der Waals surface area (Å²) >= 11 is 0. The van der Waals surface area contributed by atoms with Crippen LogP contribution in [0.5, 0.6) is 0 Å². The van der Waals surface area contributed by atoms with E-state index in [0.29, 0.717) is 19.6 Å². The minimum Gasteiger partial charge on any atom is -0.378 e. The zero-order valence-corrected chi connectivity index (χ0v) is 18.4. The van der Waals surface area contributed by atoms with E-state index >= 15 is 0 Å². The third-order valence-electron chi connectivity index (χ3n) is 5.95. The van der Waals surface area contributed by atoms with E-state index in [1.54, 1.807) is 0 Å². The number of carbonyl (C=O) groups excluding carboxylic acids is 1. The quantitative estimate of drug-likeness (QED) is 0.695. The molecular formula is C21H34N6O3. The number of amides is 1. The van der Waals surface area contributed by atoms with Crippen LogP contribution in [0, 0.1) is 6.92 Å². The first-order valence-corrected chi connectivity index (χ1v) is 11.1. The first-order chi connectivity index (χ1) is 14.5. The number of anilines is 2. The van der Waals surface area contributed by atoms with Crippen LogP contribution in [0.1, 0.15) is 19.5 Å². The Morgan fingerprint density at radius 2 is 1.67 bits per heavy atom. The molecule has 1 amide bonds. The maximum Gasteiger partial charge on any atom is 0.236 e. The molecule has 4 heterocycles. The number of morpholine rings is 2. The molecule has 30 heavy (non-hydrogen) atoms. The van der Waals surface area contributed by atoms with Crippen molar-refractivity contribution in [1.82, 2.24) is 19.8 Å². The lowest BCUT2D eigenvalue weighted by atomic mass is 10.2. The van der Waals surface area contributed by atoms with Crippen molar-refractivity contribution in [3.05, 3.63) is 11.8 Å². The van der Waals surface area contributed by atoms with Crippen LogP contribution in [-0.4, -0.2) is 110 Å². The number of hydrogen-bond acceptors (Lipinski definition) is 8. The zero-order chi connectivity index (χ0) is 21.1. The second-order valence-electron chi connectivity index (χ2n) is 8.59. The van der Waals surface area contributed by atoms with E-state index in [1.807, 2.05) is 31.7 Å². The molecule has 3 aliphatic rings. The number of aryl methyl sites for hydroxylation is 1. The zero-order valence-electron chi connectivity index (χ0n) is 18.4. The van der Waals surface area contributed by atoms with E-state index in [1.165, 1.54) is 0 Å². The Morgan fingerprint density at radius 1 is 1.00 bits per heavy atom. The summed E-state index contributed by atoms with van der Waals surface area (Å²) in [6.07, 6.45) is 0.211. The SMILES string of the molecule is Cc1cc(N2CCOCC2)nc(N2CCN(CC(=O)N3CC(C)OC(C)C3)CC2)n1. The third kappa shape index (κ3) is 5.19. The van der Waals surface area contributed by atoms with Crippen LogP contribution in [0.3, 0.4) is 0 Å². The Hall–Kier alpha value is -1.97. The predicted molar refractivity (Wildman–Crippen MR) is 115 cm³/mol. The monoisotopic (exact) mass is 418 g/mol. The largest absolute Gasteiger partial charge is 0.378 e. The first kappa shape index (κ1) is 21.3. The van der Waals surface area contributed by atoms with Crippen LogP contribution in [0.25, 0.3) is 0 Å². The molecule has 3 fully saturated rings. The topological polar surface area (TPSA) is 74.3 Å². The van der Waals surface area contributed by atoms with Gasteiger partial charge < -0.3 is 24.2 Å². The summed E-state index contributed by atoms with van der Waals surface area (Å²) in [7, 11) is 0. The minimum atomic E-state index is 0.105. The number of piperazine rings is 1. The molecule has 9 heteroatoms. The molecule has 1 aromatic heterocycles. The molecule has 9 nitrogen and oxygen atoms in total. The van der Waals surface area contributed by atoms with Crippen LogP contribution in [0.2, 0.25) is 0 Å². The molecule has 0 saturated carbocycles. The standard InChI is InChI=1S/C21H34N6O3/c1-16-12-19(25-8-10-29-11-9-25)23-21(22-16)26-6-4-24(5-7-26)15-20(28)27-13-17(2)30-18(3)14-27/h12,17-18H,4-11,13-15H2,1-3H3. The number of carbonyl (C=O) groups is 1. The summed E-state index contributed by atoms with van der Waals surface area (Å²) in [6.45, 7) is 14.5. The van der Waals surface area contributed by atoms with Crippen molar-refractivity contribution in [2.45, 2.75) is 33.0 Å². The van der Waals surface area contributed by atoms with Gasteiger partial charge in [0.2, 0.25) is 11.9 Å². The van der Waals surface area contributed by atoms with Crippen LogP contribution in [-0.2, 0) is 14.3 Å². The van der Waals surface area contributed by atoms with Crippen molar-refractivity contribution >= 4 is 17.7 Å². The van der Waals surface area contributed by atoms with E-state index in [4.69, 9.17) is 14.5 Å². The highest BCUT2D eigenvalue weighted by Gasteiger charge is 2.28. The van der Waals surface area contributed by atoms with Crippen LogP contribution in [0.15, 0.2) is 6.07 Å². The molecule has 1 aromatic rings. The van der Waals surface area contributed by atoms with E-state index in [2.05, 4.69) is 19.7 Å². The Bertz CT molecular complexity index is 723. The fourth-order valence-corrected chi connectivity index (χ4v) is 4.41. The summed E-state index contributed by atoms with van der Waals surface area (Å²) in [5.41, 5.74) is 0.981. The number of rotatable bonds is 4. The lowest BCUT2D eigenvalue weighted by Crippen LogP contribution is -2.54. The normalized spacial score (nSPS) is 26.2. The van der Waals surface area contributed by atoms with E-state index in [9.17, 15) is 4.79 Å². The van der Waals surface area contributed by atoms with E-state index < -0.39 is 0 Å². The van der Waals surface area contributed by atoms with Gasteiger partial charge in [-0.2, -0.15) is 4.98 Å². The molecule has 4 rings (SSSR count). The molecule has 2 atom stereocenters. The Labute approximate surface area is 178 Å². The summed E-state index contributed by atoms with van der Waals surface area (Å²) < 4.78 is 11.2. The van der Waals surface area contributed by atoms with Gasteiger partial charge in [0.25, 0.3) is 0 Å². The smallest absolute Gasteiger partial charge is 0.236 e. The lowest BCUT2D eigenvalue weighted by molar-refractivity contribution is -0.144. The first-order valence-electron chi connectivity index (χ1n) is 11.1. The van der Waals surface area contributed by atoms with Gasteiger partial charge in [-0.25, -0.2) is 4.98 Å². The number of ether oxygens (including phenoxy) is 2. The maximum atomic E-state index is 12.7. The van der Waals surface area contributed by atoms with Crippen LogP contribution < -0.4 is 9.80 Å². The van der Waals surface area contributed by atoms with Gasteiger partial charge >= 0.3 is 0 Å². The fraction of sp³-hybridized carbons (Fsp3) is 0.762. The fourth-order valence-electron chi connectivity index (χ4n) is 4.41. The number of nitrogens with zero attached hydrogens (tertiary/aromatic N) is 6. The van der Waals surface area contributed by atoms with Gasteiger partial charge in [0.1, 0.15) is 5.82 Å². The maximum absolute atomic E-state index is 12.7. The van der Waals surface area contributed by atoms with Crippen molar-refractivity contribution < 1.29 is 14.3 Å². The van der Waals surface area contributed by atoms with Gasteiger partial charge in [-0.3, -0.25) is 9.69 Å². The van der Waals surface area contributed by atoms with Gasteiger partial charge in [0.15, 0.2) is 0 Å². The number of aromatic nitrogens is 2. The second kappa shape index (κ2) is 9.45. The highest BCUT2D eigenvalue weighted by molar-refractivity contribution is 5.78. The van der Waals surface area contributed by atoms with E-state index in [-0.39, 0.29) is 18.1 Å². The summed E-state index contributed by atoms with van der Waals surface area (Å²) in [6, 6.07) is 2.05. The lowest BCUT2D eigenvalue weighted by Gasteiger charge is -2.38. The Balaban J connectivity index is 1.32. The average Bonchev–Trinajstić information content (AvgIpc) is 2.74. The van der Waals surface area contributed by atoms with Crippen molar-refractivity contribution in [3.8, 4) is 0 Å². The molecule has 3 aliphatic heterocycles. The molecule has 0 spiro atoms. The average molecular weight is 419 g/mol. The highest BCUT2D eigenvalue weighted by Crippen LogP contribution is 2.20. The summed E-state index contributed by atoms with van der Waals surface area (Å²) in [5, 5.41) is 0. The summed E-state index contributed by atoms with van der Waals surface area (Å²) in [4.78, 5) is 30.9. The predicted octanol–water partition coefficient (Wildman–Crippen LogP) is 0.379. The minimum absolute atomic E-state index is 0.105. The second-order valence-corrected chi connectivity index (χ2v) is 8.59. The van der Waals surface area contributed by atoms with Crippen LogP contribution >= 0.6 is 0 Å². The van der Waals surface area contributed by atoms with Crippen molar-refractivity contribution in [3.63, 3.8) is 0 Å². The summed E-state index contributed by atoms with van der Waals surface area (Å²) in [5.74, 6) is 1.97. The highest BCUT2D eigenvalue weighted by atomic mass is 16.5. The molecule has 0 bridgehead atoms. The molecule has 0 aliphatic carbocycles. The molecule has 0 N–H and O–H groups in total. The number of hydrogen-bond donors (Lipinski definition) is 0. The van der Waals surface area contributed by atoms with Crippen molar-refractivity contribution in [2.24, 2.45) is 0 Å². The van der Waals surface area contributed by atoms with Crippen LogP contribution in [0.4, 0.5) is 11.8 Å². The van der Waals surface area contributed by atoms with Gasteiger partial charge in [0, 0.05) is 64.1 Å². The Kier molecular flexibility index (Phi) is 6.70. The third-order valence-corrected chi connectivity index (χ3v) is 5.95. The molecule has 2 unspecified atom stereocenters. The van der Waals surface area contributed by atoms with Gasteiger partial charge in [-0.05, 0) is 20.8 Å². The molecule has 0 aromatic carbocycles. The van der Waals surface area contributed by atoms with Crippen molar-refractivity contribution in [1.29, 1.82) is 0 Å². The molecular weight excluding hydrogens is 384 g/mol. The molecule has 166 valence electrons.